The summed E-state index contributed by atoms with van der Waals surface area (Å²) in [4.78, 5) is 5.25. The van der Waals surface area contributed by atoms with Crippen LogP contribution in [0.5, 0.6) is 0 Å². The minimum Gasteiger partial charge on any atom is -0.382 e. The van der Waals surface area contributed by atoms with Crippen LogP contribution in [-0.4, -0.2) is 23.1 Å². The Morgan fingerprint density at radius 2 is 2.00 bits per heavy atom. The van der Waals surface area contributed by atoms with Gasteiger partial charge in [-0.25, -0.2) is 0 Å². The number of nitrogens with one attached hydrogen (secondary N) is 2. The summed E-state index contributed by atoms with van der Waals surface area (Å²) < 4.78 is 0. The van der Waals surface area contributed by atoms with Crippen LogP contribution in [0, 0.1) is 0 Å². The molecule has 1 aromatic heterocycles. The molecule has 1 heterocycles. The standard InChI is InChI=1S/C19H23N3S/c1-20-18(23)19(15-8-7-13-21-14-15)12-6-5-11-17(19)22-16-9-3-2-4-10-16/h2-4,7-10,13-14,17,22H,5-6,11-12H2,1H3,(H,20,23)/t17-,19+/m0/s1. The third-order valence-electron chi connectivity index (χ3n) is 4.83. The maximum atomic E-state index is 5.78. The van der Waals surface area contributed by atoms with Crippen LogP contribution in [0.2, 0.25) is 0 Å². The van der Waals surface area contributed by atoms with Crippen LogP contribution in [0.25, 0.3) is 0 Å². The van der Waals surface area contributed by atoms with Gasteiger partial charge in [0.05, 0.1) is 10.4 Å². The lowest BCUT2D eigenvalue weighted by molar-refractivity contribution is 0.343. The van der Waals surface area contributed by atoms with Crippen molar-refractivity contribution in [1.29, 1.82) is 0 Å². The minimum absolute atomic E-state index is 0.202. The van der Waals surface area contributed by atoms with E-state index < -0.39 is 0 Å². The van der Waals surface area contributed by atoms with Crippen molar-refractivity contribution in [3.8, 4) is 0 Å². The van der Waals surface area contributed by atoms with Gasteiger partial charge in [-0.1, -0.05) is 49.3 Å². The number of thiocarbonyl (C=S) groups is 1. The van der Waals surface area contributed by atoms with E-state index >= 15 is 0 Å². The molecular weight excluding hydrogens is 302 g/mol. The molecule has 0 aliphatic heterocycles. The molecule has 0 radical (unpaired) electrons. The number of para-hydroxylation sites is 1. The van der Waals surface area contributed by atoms with E-state index in [4.69, 9.17) is 12.2 Å². The van der Waals surface area contributed by atoms with Crippen molar-refractivity contribution < 1.29 is 0 Å². The monoisotopic (exact) mass is 325 g/mol. The molecule has 4 heteroatoms. The van der Waals surface area contributed by atoms with Crippen LogP contribution in [0.15, 0.2) is 54.9 Å². The summed E-state index contributed by atoms with van der Waals surface area (Å²) >= 11 is 5.78. The van der Waals surface area contributed by atoms with Crippen LogP contribution < -0.4 is 10.6 Å². The zero-order chi connectivity index (χ0) is 16.1. The van der Waals surface area contributed by atoms with Crippen molar-refractivity contribution in [3.05, 3.63) is 60.4 Å². The van der Waals surface area contributed by atoms with Gasteiger partial charge in [-0.3, -0.25) is 4.98 Å². The first-order chi connectivity index (χ1) is 11.3. The molecule has 23 heavy (non-hydrogen) atoms. The number of nitrogens with zero attached hydrogens (tertiary/aromatic N) is 1. The molecular formula is C19H23N3S. The van der Waals surface area contributed by atoms with Crippen LogP contribution in [0.1, 0.15) is 31.2 Å². The number of anilines is 1. The van der Waals surface area contributed by atoms with Gasteiger partial charge in [0.25, 0.3) is 0 Å². The van der Waals surface area contributed by atoms with E-state index in [0.29, 0.717) is 0 Å². The van der Waals surface area contributed by atoms with Gasteiger partial charge < -0.3 is 10.6 Å². The van der Waals surface area contributed by atoms with Gasteiger partial charge >= 0.3 is 0 Å². The van der Waals surface area contributed by atoms with Crippen molar-refractivity contribution in [2.24, 2.45) is 0 Å². The zero-order valence-corrected chi connectivity index (χ0v) is 14.3. The second kappa shape index (κ2) is 7.09. The molecule has 1 aliphatic carbocycles. The third kappa shape index (κ3) is 3.08. The molecule has 0 saturated heterocycles. The van der Waals surface area contributed by atoms with Crippen molar-refractivity contribution in [2.75, 3.05) is 12.4 Å². The number of aromatic nitrogens is 1. The molecule has 1 saturated carbocycles. The summed E-state index contributed by atoms with van der Waals surface area (Å²) in [7, 11) is 1.93. The molecule has 1 fully saturated rings. The summed E-state index contributed by atoms with van der Waals surface area (Å²) in [5, 5.41) is 6.98. The first kappa shape index (κ1) is 15.9. The van der Waals surface area contributed by atoms with Crippen LogP contribution in [0.4, 0.5) is 5.69 Å². The number of benzene rings is 1. The molecule has 2 N–H and O–H groups in total. The number of hydrogen-bond acceptors (Lipinski definition) is 3. The Morgan fingerprint density at radius 3 is 2.70 bits per heavy atom. The van der Waals surface area contributed by atoms with E-state index in [9.17, 15) is 0 Å². The number of likely N-dealkylation sites (N-methyl/N-ethyl adjacent to an activating group) is 1. The number of rotatable bonds is 4. The van der Waals surface area contributed by atoms with Crippen molar-refractivity contribution in [1.82, 2.24) is 10.3 Å². The highest BCUT2D eigenvalue weighted by Gasteiger charge is 2.45. The van der Waals surface area contributed by atoms with E-state index in [2.05, 4.69) is 45.9 Å². The lowest BCUT2D eigenvalue weighted by atomic mass is 9.66. The van der Waals surface area contributed by atoms with Gasteiger partial charge in [0, 0.05) is 31.2 Å². The summed E-state index contributed by atoms with van der Waals surface area (Å²) in [6, 6.07) is 14.8. The van der Waals surface area contributed by atoms with Crippen molar-refractivity contribution in [2.45, 2.75) is 37.1 Å². The van der Waals surface area contributed by atoms with Gasteiger partial charge in [0.2, 0.25) is 0 Å². The van der Waals surface area contributed by atoms with E-state index in [1.54, 1.807) is 0 Å². The Labute approximate surface area is 143 Å². The Kier molecular flexibility index (Phi) is 4.91. The second-order valence-corrected chi connectivity index (χ2v) is 6.51. The SMILES string of the molecule is CNC(=S)[C@@]1(c2cccnc2)CCCC[C@@H]1Nc1ccccc1. The number of pyridine rings is 1. The molecule has 3 nitrogen and oxygen atoms in total. The fourth-order valence-electron chi connectivity index (χ4n) is 3.70. The summed E-state index contributed by atoms with van der Waals surface area (Å²) in [5.41, 5.74) is 2.14. The first-order valence-corrected chi connectivity index (χ1v) is 8.62. The lowest BCUT2D eigenvalue weighted by Gasteiger charge is -2.45. The van der Waals surface area contributed by atoms with Gasteiger partial charge in [-0.05, 0) is 36.6 Å². The second-order valence-electron chi connectivity index (χ2n) is 6.10. The smallest absolute Gasteiger partial charge is 0.0879 e. The largest absolute Gasteiger partial charge is 0.382 e. The molecule has 0 unspecified atom stereocenters. The molecule has 1 aliphatic rings. The molecule has 2 atom stereocenters. The predicted molar refractivity (Wildman–Crippen MR) is 99.9 cm³/mol. The molecule has 2 aromatic rings. The zero-order valence-electron chi connectivity index (χ0n) is 13.5. The highest BCUT2D eigenvalue weighted by molar-refractivity contribution is 7.80. The van der Waals surface area contributed by atoms with Crippen molar-refractivity contribution in [3.63, 3.8) is 0 Å². The quantitative estimate of drug-likeness (QED) is 0.836. The number of hydrogen-bond donors (Lipinski definition) is 2. The highest BCUT2D eigenvalue weighted by atomic mass is 32.1. The van der Waals surface area contributed by atoms with Crippen LogP contribution in [-0.2, 0) is 5.41 Å². The van der Waals surface area contributed by atoms with E-state index in [-0.39, 0.29) is 11.5 Å². The molecule has 0 amide bonds. The fourth-order valence-corrected chi connectivity index (χ4v) is 4.06. The lowest BCUT2D eigenvalue weighted by Crippen LogP contribution is -2.55. The fraction of sp³-hybridized carbons (Fsp3) is 0.368. The molecule has 0 spiro atoms. The van der Waals surface area contributed by atoms with Crippen molar-refractivity contribution >= 4 is 22.9 Å². The Bertz CT molecular complexity index is 644. The van der Waals surface area contributed by atoms with Gasteiger partial charge in [0.15, 0.2) is 0 Å². The average Bonchev–Trinajstić information content (AvgIpc) is 2.63. The Hall–Kier alpha value is -1.94. The van der Waals surface area contributed by atoms with E-state index in [0.717, 1.165) is 23.5 Å². The molecule has 1 aromatic carbocycles. The van der Waals surface area contributed by atoms with Gasteiger partial charge in [-0.2, -0.15) is 0 Å². The van der Waals surface area contributed by atoms with Gasteiger partial charge in [-0.15, -0.1) is 0 Å². The molecule has 3 rings (SSSR count). The van der Waals surface area contributed by atoms with E-state index in [1.807, 2.05) is 31.6 Å². The first-order valence-electron chi connectivity index (χ1n) is 8.21. The van der Waals surface area contributed by atoms with Crippen LogP contribution >= 0.6 is 12.2 Å². The topological polar surface area (TPSA) is 37.0 Å². The Balaban J connectivity index is 2.02. The van der Waals surface area contributed by atoms with Crippen LogP contribution in [0.3, 0.4) is 0 Å². The maximum absolute atomic E-state index is 5.78. The summed E-state index contributed by atoms with van der Waals surface area (Å²) in [5.74, 6) is 0. The average molecular weight is 325 g/mol. The minimum atomic E-state index is -0.202. The molecule has 120 valence electrons. The predicted octanol–water partition coefficient (Wildman–Crippen LogP) is 3.92. The summed E-state index contributed by atoms with van der Waals surface area (Å²) in [6.07, 6.45) is 8.34. The summed E-state index contributed by atoms with van der Waals surface area (Å²) in [6.45, 7) is 0. The maximum Gasteiger partial charge on any atom is 0.0879 e. The normalized spacial score (nSPS) is 24.0. The third-order valence-corrected chi connectivity index (χ3v) is 5.40. The molecule has 0 bridgehead atoms. The van der Waals surface area contributed by atoms with Gasteiger partial charge in [0.1, 0.15) is 0 Å². The Morgan fingerprint density at radius 1 is 1.17 bits per heavy atom. The highest BCUT2D eigenvalue weighted by Crippen LogP contribution is 2.41. The van der Waals surface area contributed by atoms with E-state index in [1.165, 1.54) is 18.4 Å².